The number of benzene rings is 1. The number of aryl methyl sites for hydroxylation is 2. The van der Waals surface area contributed by atoms with Crippen LogP contribution in [0.1, 0.15) is 30.4 Å². The van der Waals surface area contributed by atoms with Crippen molar-refractivity contribution in [3.8, 4) is 0 Å². The van der Waals surface area contributed by atoms with Gasteiger partial charge in [-0.3, -0.25) is 9.80 Å². The molecule has 2 nitrogen and oxygen atoms in total. The lowest BCUT2D eigenvalue weighted by Gasteiger charge is -2.03. The number of hydrogen-bond acceptors (Lipinski definition) is 1. The van der Waals surface area contributed by atoms with Crippen LogP contribution in [0.25, 0.3) is 0 Å². The van der Waals surface area contributed by atoms with Gasteiger partial charge in [0.1, 0.15) is 0 Å². The van der Waals surface area contributed by atoms with Gasteiger partial charge in [0.15, 0.2) is 0 Å². The lowest BCUT2D eigenvalue weighted by atomic mass is 10.0. The van der Waals surface area contributed by atoms with E-state index in [1.165, 1.54) is 11.1 Å². The quantitative estimate of drug-likeness (QED) is 0.541. The number of halogens is 1. The molecule has 0 unspecified atom stereocenters. The van der Waals surface area contributed by atoms with Crippen molar-refractivity contribution in [3.63, 3.8) is 0 Å². The van der Waals surface area contributed by atoms with Crippen LogP contribution in [0, 0.1) is 5.41 Å². The maximum atomic E-state index is 12.0. The molecule has 1 aromatic rings. The SMILES string of the molecule is N=C(N)CCCc1ccc(CCCF)cc1. The van der Waals surface area contributed by atoms with E-state index >= 15 is 0 Å². The molecule has 3 heteroatoms. The third-order valence-electron chi connectivity index (χ3n) is 2.53. The molecule has 0 aliphatic heterocycles. The highest BCUT2D eigenvalue weighted by Crippen LogP contribution is 2.09. The summed E-state index contributed by atoms with van der Waals surface area (Å²) in [5, 5.41) is 7.11. The van der Waals surface area contributed by atoms with Gasteiger partial charge in [0, 0.05) is 6.42 Å². The fourth-order valence-corrected chi connectivity index (χ4v) is 1.63. The van der Waals surface area contributed by atoms with E-state index in [0.29, 0.717) is 12.8 Å². The van der Waals surface area contributed by atoms with Crippen molar-refractivity contribution in [2.45, 2.75) is 32.1 Å². The smallest absolute Gasteiger partial charge is 0.0905 e. The summed E-state index contributed by atoms with van der Waals surface area (Å²) in [6.45, 7) is -0.250. The fourth-order valence-electron chi connectivity index (χ4n) is 1.63. The third-order valence-corrected chi connectivity index (χ3v) is 2.53. The van der Waals surface area contributed by atoms with Crippen molar-refractivity contribution in [1.82, 2.24) is 0 Å². The molecule has 1 aromatic carbocycles. The predicted molar refractivity (Wildman–Crippen MR) is 65.6 cm³/mol. The maximum Gasteiger partial charge on any atom is 0.0905 e. The second kappa shape index (κ2) is 6.99. The minimum Gasteiger partial charge on any atom is -0.388 e. The summed E-state index contributed by atoms with van der Waals surface area (Å²) in [6, 6.07) is 8.26. The van der Waals surface area contributed by atoms with Gasteiger partial charge in [-0.2, -0.15) is 0 Å². The van der Waals surface area contributed by atoms with Gasteiger partial charge in [-0.25, -0.2) is 0 Å². The van der Waals surface area contributed by atoms with Gasteiger partial charge in [0.05, 0.1) is 12.5 Å². The minimum atomic E-state index is -0.250. The summed E-state index contributed by atoms with van der Waals surface area (Å²) in [7, 11) is 0. The van der Waals surface area contributed by atoms with Gasteiger partial charge in [0.25, 0.3) is 0 Å². The Bertz CT molecular complexity index is 319. The van der Waals surface area contributed by atoms with E-state index in [2.05, 4.69) is 24.3 Å². The first kappa shape index (κ1) is 12.7. The molecule has 0 bridgehead atoms. The van der Waals surface area contributed by atoms with Crippen LogP contribution in [-0.4, -0.2) is 12.5 Å². The largest absolute Gasteiger partial charge is 0.388 e. The molecular formula is C13H19FN2. The average molecular weight is 222 g/mol. The van der Waals surface area contributed by atoms with Gasteiger partial charge in [0.2, 0.25) is 0 Å². The second-order valence-corrected chi connectivity index (χ2v) is 3.99. The van der Waals surface area contributed by atoms with E-state index < -0.39 is 0 Å². The third kappa shape index (κ3) is 4.91. The molecule has 0 atom stereocenters. The molecule has 0 spiro atoms. The Labute approximate surface area is 96.2 Å². The van der Waals surface area contributed by atoms with Crippen LogP contribution in [-0.2, 0) is 12.8 Å². The van der Waals surface area contributed by atoms with Gasteiger partial charge in [-0.15, -0.1) is 0 Å². The first-order chi connectivity index (χ1) is 7.72. The molecule has 0 fully saturated rings. The standard InChI is InChI=1S/C13H19FN2/c14-10-2-4-12-8-6-11(7-9-12)3-1-5-13(15)16/h6-9H,1-5,10H2,(H3,15,16). The maximum absolute atomic E-state index is 12.0. The van der Waals surface area contributed by atoms with Crippen LogP contribution >= 0.6 is 0 Å². The van der Waals surface area contributed by atoms with Crippen LogP contribution in [0.5, 0.6) is 0 Å². The minimum absolute atomic E-state index is 0.250. The number of amidine groups is 1. The Morgan fingerprint density at radius 1 is 1.06 bits per heavy atom. The average Bonchev–Trinajstić information content (AvgIpc) is 2.27. The highest BCUT2D eigenvalue weighted by Gasteiger charge is 1.96. The molecule has 0 saturated carbocycles. The number of hydrogen-bond donors (Lipinski definition) is 2. The first-order valence-electron chi connectivity index (χ1n) is 5.69. The van der Waals surface area contributed by atoms with Crippen LogP contribution in [0.15, 0.2) is 24.3 Å². The van der Waals surface area contributed by atoms with E-state index in [-0.39, 0.29) is 12.5 Å². The van der Waals surface area contributed by atoms with Gasteiger partial charge in [-0.1, -0.05) is 24.3 Å². The fraction of sp³-hybridized carbons (Fsp3) is 0.462. The zero-order valence-corrected chi connectivity index (χ0v) is 9.51. The Morgan fingerprint density at radius 2 is 1.56 bits per heavy atom. The van der Waals surface area contributed by atoms with Crippen LogP contribution < -0.4 is 5.73 Å². The van der Waals surface area contributed by atoms with Crippen LogP contribution in [0.2, 0.25) is 0 Å². The number of nitrogens with one attached hydrogen (secondary N) is 1. The van der Waals surface area contributed by atoms with Crippen LogP contribution in [0.4, 0.5) is 4.39 Å². The Hall–Kier alpha value is -1.38. The van der Waals surface area contributed by atoms with E-state index in [1.54, 1.807) is 0 Å². The second-order valence-electron chi connectivity index (χ2n) is 3.99. The lowest BCUT2D eigenvalue weighted by molar-refractivity contribution is 0.473. The lowest BCUT2D eigenvalue weighted by Crippen LogP contribution is -2.09. The van der Waals surface area contributed by atoms with Crippen LogP contribution in [0.3, 0.4) is 0 Å². The molecule has 0 radical (unpaired) electrons. The topological polar surface area (TPSA) is 49.9 Å². The molecule has 16 heavy (non-hydrogen) atoms. The molecule has 0 aliphatic rings. The zero-order valence-electron chi connectivity index (χ0n) is 9.51. The number of nitrogens with two attached hydrogens (primary N) is 1. The Balaban J connectivity index is 2.36. The summed E-state index contributed by atoms with van der Waals surface area (Å²) in [6.07, 6.45) is 3.93. The number of alkyl halides is 1. The molecule has 88 valence electrons. The molecule has 0 aliphatic carbocycles. The van der Waals surface area contributed by atoms with E-state index in [4.69, 9.17) is 11.1 Å². The summed E-state index contributed by atoms with van der Waals surface area (Å²) in [4.78, 5) is 0. The molecule has 3 N–H and O–H groups in total. The summed E-state index contributed by atoms with van der Waals surface area (Å²) < 4.78 is 12.0. The van der Waals surface area contributed by atoms with Crippen molar-refractivity contribution in [2.24, 2.45) is 5.73 Å². The predicted octanol–water partition coefficient (Wildman–Crippen LogP) is 2.85. The molecule has 0 heterocycles. The van der Waals surface area contributed by atoms with Crippen molar-refractivity contribution < 1.29 is 4.39 Å². The molecule has 0 amide bonds. The highest BCUT2D eigenvalue weighted by atomic mass is 19.1. The summed E-state index contributed by atoms with van der Waals surface area (Å²) in [5.74, 6) is 0.250. The summed E-state index contributed by atoms with van der Waals surface area (Å²) >= 11 is 0. The Kier molecular flexibility index (Phi) is 5.54. The normalized spacial score (nSPS) is 10.3. The molecular weight excluding hydrogens is 203 g/mol. The van der Waals surface area contributed by atoms with Crippen molar-refractivity contribution >= 4 is 5.84 Å². The Morgan fingerprint density at radius 3 is 2.00 bits per heavy atom. The van der Waals surface area contributed by atoms with Gasteiger partial charge in [-0.05, 0) is 36.8 Å². The van der Waals surface area contributed by atoms with E-state index in [9.17, 15) is 4.39 Å². The van der Waals surface area contributed by atoms with E-state index in [1.807, 2.05) is 0 Å². The highest BCUT2D eigenvalue weighted by molar-refractivity contribution is 5.76. The van der Waals surface area contributed by atoms with Crippen molar-refractivity contribution in [2.75, 3.05) is 6.67 Å². The van der Waals surface area contributed by atoms with Crippen molar-refractivity contribution in [1.29, 1.82) is 5.41 Å². The summed E-state index contributed by atoms with van der Waals surface area (Å²) in [5.41, 5.74) is 7.73. The molecule has 1 rings (SSSR count). The first-order valence-corrected chi connectivity index (χ1v) is 5.69. The molecule has 0 aromatic heterocycles. The van der Waals surface area contributed by atoms with Crippen molar-refractivity contribution in [3.05, 3.63) is 35.4 Å². The van der Waals surface area contributed by atoms with Gasteiger partial charge < -0.3 is 5.73 Å². The monoisotopic (exact) mass is 222 g/mol. The van der Waals surface area contributed by atoms with E-state index in [0.717, 1.165) is 19.3 Å². The molecule has 0 saturated heterocycles. The van der Waals surface area contributed by atoms with Gasteiger partial charge >= 0.3 is 0 Å². The zero-order chi connectivity index (χ0) is 11.8. The number of rotatable bonds is 7.